The molecule has 0 nitrogen and oxygen atoms in total. The van der Waals surface area contributed by atoms with Crippen LogP contribution in [-0.4, -0.2) is 0 Å². The highest BCUT2D eigenvalue weighted by atomic mass is 14.1. The van der Waals surface area contributed by atoms with Crippen LogP contribution in [0, 0.1) is 12.8 Å². The van der Waals surface area contributed by atoms with Crippen LogP contribution in [0.15, 0.2) is 0 Å². The average molecular weight is 183 g/mol. The van der Waals surface area contributed by atoms with Gasteiger partial charge in [-0.05, 0) is 5.92 Å². The molecule has 0 aliphatic carbocycles. The molecule has 0 heterocycles. The van der Waals surface area contributed by atoms with Crippen molar-refractivity contribution in [2.45, 2.75) is 71.6 Å². The molecule has 1 unspecified atom stereocenters. The minimum absolute atomic E-state index is 1.01. The summed E-state index contributed by atoms with van der Waals surface area (Å²) in [4.78, 5) is 0. The first-order valence-corrected chi connectivity index (χ1v) is 6.14. The predicted molar refractivity (Wildman–Crippen MR) is 61.7 cm³/mol. The lowest BCUT2D eigenvalue weighted by molar-refractivity contribution is 0.387. The molecule has 0 bridgehead atoms. The Morgan fingerprint density at radius 3 is 2.08 bits per heavy atom. The summed E-state index contributed by atoms with van der Waals surface area (Å²) in [7, 11) is 0. The summed E-state index contributed by atoms with van der Waals surface area (Å²) < 4.78 is 0. The maximum absolute atomic E-state index is 3.89. The van der Waals surface area contributed by atoms with E-state index in [0.717, 1.165) is 12.3 Å². The van der Waals surface area contributed by atoms with Crippen molar-refractivity contribution in [2.24, 2.45) is 5.92 Å². The molecule has 0 aromatic rings. The van der Waals surface area contributed by atoms with Gasteiger partial charge in [0, 0.05) is 0 Å². The van der Waals surface area contributed by atoms with E-state index in [1.165, 1.54) is 51.4 Å². The molecule has 0 aliphatic heterocycles. The minimum Gasteiger partial charge on any atom is -0.0654 e. The van der Waals surface area contributed by atoms with Crippen molar-refractivity contribution in [3.63, 3.8) is 0 Å². The van der Waals surface area contributed by atoms with Crippen LogP contribution in [0.25, 0.3) is 0 Å². The number of hydrogen-bond donors (Lipinski definition) is 0. The van der Waals surface area contributed by atoms with Crippen LogP contribution in [0.2, 0.25) is 0 Å². The van der Waals surface area contributed by atoms with Crippen molar-refractivity contribution >= 4 is 0 Å². The van der Waals surface area contributed by atoms with Gasteiger partial charge in [-0.15, -0.1) is 0 Å². The van der Waals surface area contributed by atoms with Crippen molar-refractivity contribution in [2.75, 3.05) is 0 Å². The van der Waals surface area contributed by atoms with Gasteiger partial charge in [-0.3, -0.25) is 0 Å². The van der Waals surface area contributed by atoms with Gasteiger partial charge in [-0.2, -0.15) is 0 Å². The molecule has 13 heavy (non-hydrogen) atoms. The summed E-state index contributed by atoms with van der Waals surface area (Å²) in [5, 5.41) is 0. The maximum atomic E-state index is 3.89. The van der Waals surface area contributed by atoms with Gasteiger partial charge in [-0.25, -0.2) is 0 Å². The Morgan fingerprint density at radius 1 is 0.846 bits per heavy atom. The maximum Gasteiger partial charge on any atom is -0.0414 e. The van der Waals surface area contributed by atoms with E-state index in [-0.39, 0.29) is 0 Å². The van der Waals surface area contributed by atoms with Crippen molar-refractivity contribution in [3.8, 4) is 0 Å². The summed E-state index contributed by atoms with van der Waals surface area (Å²) in [6, 6.07) is 0. The Morgan fingerprint density at radius 2 is 1.54 bits per heavy atom. The average Bonchev–Trinajstić information content (AvgIpc) is 2.14. The Bertz CT molecular complexity index is 86.0. The largest absolute Gasteiger partial charge is 0.0654 e. The first kappa shape index (κ1) is 13.0. The molecule has 0 saturated carbocycles. The standard InChI is InChI=1S/C13H27/c1-4-7-9-12-13(10-6-3)11-8-5-2/h13H,1,4-12H2,2-3H3. The smallest absolute Gasteiger partial charge is 0.0414 e. The van der Waals surface area contributed by atoms with Crippen LogP contribution in [0.3, 0.4) is 0 Å². The molecule has 0 amide bonds. The van der Waals surface area contributed by atoms with Crippen LogP contribution in [-0.2, 0) is 0 Å². The van der Waals surface area contributed by atoms with E-state index in [9.17, 15) is 0 Å². The van der Waals surface area contributed by atoms with E-state index < -0.39 is 0 Å². The summed E-state index contributed by atoms with van der Waals surface area (Å²) >= 11 is 0. The van der Waals surface area contributed by atoms with E-state index in [1.54, 1.807) is 0 Å². The zero-order chi connectivity index (χ0) is 9.94. The van der Waals surface area contributed by atoms with Gasteiger partial charge in [0.2, 0.25) is 0 Å². The molecular weight excluding hydrogens is 156 g/mol. The Kier molecular flexibility index (Phi) is 10.1. The van der Waals surface area contributed by atoms with Gasteiger partial charge in [-0.1, -0.05) is 78.6 Å². The Hall–Kier alpha value is 0. The van der Waals surface area contributed by atoms with Gasteiger partial charge in [0.05, 0.1) is 0 Å². The van der Waals surface area contributed by atoms with E-state index >= 15 is 0 Å². The number of rotatable bonds is 9. The van der Waals surface area contributed by atoms with Gasteiger partial charge in [0.25, 0.3) is 0 Å². The molecule has 0 fully saturated rings. The molecule has 1 radical (unpaired) electrons. The van der Waals surface area contributed by atoms with Crippen LogP contribution in [0.4, 0.5) is 0 Å². The predicted octanol–water partition coefficient (Wildman–Crippen LogP) is 4.99. The number of unbranched alkanes of at least 4 members (excludes halogenated alkanes) is 3. The van der Waals surface area contributed by atoms with Crippen molar-refractivity contribution in [3.05, 3.63) is 6.92 Å². The number of hydrogen-bond acceptors (Lipinski definition) is 0. The first-order valence-electron chi connectivity index (χ1n) is 6.14. The van der Waals surface area contributed by atoms with E-state index in [0.29, 0.717) is 0 Å². The highest BCUT2D eigenvalue weighted by Crippen LogP contribution is 2.21. The van der Waals surface area contributed by atoms with Gasteiger partial charge in [0.15, 0.2) is 0 Å². The second-order valence-corrected chi connectivity index (χ2v) is 4.15. The lowest BCUT2D eigenvalue weighted by Gasteiger charge is -2.14. The molecule has 0 aromatic heterocycles. The monoisotopic (exact) mass is 183 g/mol. The normalized spacial score (nSPS) is 13.2. The van der Waals surface area contributed by atoms with Crippen LogP contribution >= 0.6 is 0 Å². The summed E-state index contributed by atoms with van der Waals surface area (Å²) in [6.45, 7) is 8.49. The molecule has 0 N–H and O–H groups in total. The molecule has 79 valence electrons. The Balaban J connectivity index is 3.41. The zero-order valence-corrected chi connectivity index (χ0v) is 9.65. The molecular formula is C13H27. The SMILES string of the molecule is [CH2]CCCCC(CCC)CCCC. The fraction of sp³-hybridized carbons (Fsp3) is 0.923. The lowest BCUT2D eigenvalue weighted by atomic mass is 9.92. The molecule has 0 rings (SSSR count). The fourth-order valence-electron chi connectivity index (χ4n) is 1.94. The van der Waals surface area contributed by atoms with E-state index in [4.69, 9.17) is 0 Å². The van der Waals surface area contributed by atoms with Gasteiger partial charge in [0.1, 0.15) is 0 Å². The highest BCUT2D eigenvalue weighted by Gasteiger charge is 2.05. The molecule has 0 spiro atoms. The molecule has 0 heteroatoms. The van der Waals surface area contributed by atoms with Crippen LogP contribution < -0.4 is 0 Å². The highest BCUT2D eigenvalue weighted by molar-refractivity contribution is 4.59. The minimum atomic E-state index is 1.01. The summed E-state index contributed by atoms with van der Waals surface area (Å²) in [5.41, 5.74) is 0. The van der Waals surface area contributed by atoms with Gasteiger partial charge >= 0.3 is 0 Å². The van der Waals surface area contributed by atoms with Crippen molar-refractivity contribution < 1.29 is 0 Å². The fourth-order valence-corrected chi connectivity index (χ4v) is 1.94. The van der Waals surface area contributed by atoms with Crippen LogP contribution in [0.5, 0.6) is 0 Å². The van der Waals surface area contributed by atoms with Crippen LogP contribution in [0.1, 0.15) is 71.6 Å². The van der Waals surface area contributed by atoms with E-state index in [2.05, 4.69) is 20.8 Å². The van der Waals surface area contributed by atoms with Crippen molar-refractivity contribution in [1.29, 1.82) is 0 Å². The van der Waals surface area contributed by atoms with E-state index in [1.807, 2.05) is 0 Å². The third-order valence-electron chi connectivity index (χ3n) is 2.78. The molecule has 1 atom stereocenters. The van der Waals surface area contributed by atoms with Gasteiger partial charge < -0.3 is 0 Å². The molecule has 0 aliphatic rings. The third kappa shape index (κ3) is 8.33. The topological polar surface area (TPSA) is 0 Å². The second kappa shape index (κ2) is 10.1. The molecule has 0 aromatic carbocycles. The molecule has 0 saturated heterocycles. The summed E-state index contributed by atoms with van der Waals surface area (Å²) in [5.74, 6) is 1.01. The quantitative estimate of drug-likeness (QED) is 0.442. The van der Waals surface area contributed by atoms with Crippen molar-refractivity contribution in [1.82, 2.24) is 0 Å². The first-order chi connectivity index (χ1) is 6.35. The zero-order valence-electron chi connectivity index (χ0n) is 9.65. The second-order valence-electron chi connectivity index (χ2n) is 4.15. The third-order valence-corrected chi connectivity index (χ3v) is 2.78. The lowest BCUT2D eigenvalue weighted by Crippen LogP contribution is -2.00. The Labute approximate surface area is 85.1 Å². The summed E-state index contributed by atoms with van der Waals surface area (Å²) in [6.07, 6.45) is 12.3.